The Balaban J connectivity index is 1.74. The number of carbonyl (C=O) groups is 1. The molecule has 0 unspecified atom stereocenters. The summed E-state index contributed by atoms with van der Waals surface area (Å²) in [6.45, 7) is 0. The number of nitrogens with zero attached hydrogens (tertiary/aromatic N) is 1. The number of hydrogen-bond donors (Lipinski definition) is 3. The van der Waals surface area contributed by atoms with E-state index in [1.807, 2.05) is 24.4 Å². The number of halogens is 1. The molecule has 0 atom stereocenters. The van der Waals surface area contributed by atoms with E-state index in [0.29, 0.717) is 5.69 Å². The Hall–Kier alpha value is -3.33. The highest BCUT2D eigenvalue weighted by atomic mass is 19.1. The molecule has 3 aromatic rings. The highest BCUT2D eigenvalue weighted by Gasteiger charge is 2.06. The molecule has 6 heteroatoms. The average Bonchev–Trinajstić information content (AvgIpc) is 2.93. The van der Waals surface area contributed by atoms with Crippen molar-refractivity contribution in [2.75, 3.05) is 10.6 Å². The van der Waals surface area contributed by atoms with Crippen molar-refractivity contribution in [1.82, 2.24) is 4.98 Å². The number of carbonyl (C=O) groups excluding carboxylic acids is 1. The zero-order valence-corrected chi connectivity index (χ0v) is 11.4. The second-order valence-corrected chi connectivity index (χ2v) is 4.70. The molecule has 2 aromatic carbocycles. The number of benzene rings is 2. The van der Waals surface area contributed by atoms with E-state index in [0.717, 1.165) is 23.0 Å². The lowest BCUT2D eigenvalue weighted by Gasteiger charge is -2.08. The maximum Gasteiger partial charge on any atom is 0.323 e. The minimum atomic E-state index is -0.581. The van der Waals surface area contributed by atoms with Crippen LogP contribution in [0.2, 0.25) is 0 Å². The Kier molecular flexibility index (Phi) is 3.46. The fourth-order valence-corrected chi connectivity index (χ4v) is 2.15. The largest absolute Gasteiger partial charge is 0.361 e. The number of nitriles is 1. The molecule has 0 spiro atoms. The summed E-state index contributed by atoms with van der Waals surface area (Å²) in [7, 11) is 0. The lowest BCUT2D eigenvalue weighted by Crippen LogP contribution is -2.19. The average molecular weight is 294 g/mol. The van der Waals surface area contributed by atoms with Crippen molar-refractivity contribution < 1.29 is 9.18 Å². The van der Waals surface area contributed by atoms with Gasteiger partial charge in [-0.15, -0.1) is 0 Å². The van der Waals surface area contributed by atoms with Crippen molar-refractivity contribution in [1.29, 1.82) is 5.26 Å². The van der Waals surface area contributed by atoms with Gasteiger partial charge < -0.3 is 15.6 Å². The zero-order chi connectivity index (χ0) is 15.5. The second kappa shape index (κ2) is 5.58. The zero-order valence-electron chi connectivity index (χ0n) is 11.4. The van der Waals surface area contributed by atoms with Gasteiger partial charge in [0.1, 0.15) is 5.82 Å². The monoisotopic (exact) mass is 294 g/mol. The van der Waals surface area contributed by atoms with Crippen LogP contribution in [0.1, 0.15) is 5.56 Å². The molecule has 0 fully saturated rings. The van der Waals surface area contributed by atoms with Crippen LogP contribution in [0.25, 0.3) is 10.9 Å². The smallest absolute Gasteiger partial charge is 0.323 e. The van der Waals surface area contributed by atoms with Gasteiger partial charge in [0.05, 0.1) is 11.6 Å². The second-order valence-electron chi connectivity index (χ2n) is 4.70. The first-order valence-corrected chi connectivity index (χ1v) is 6.50. The minimum Gasteiger partial charge on any atom is -0.361 e. The van der Waals surface area contributed by atoms with E-state index in [1.54, 1.807) is 12.1 Å². The summed E-state index contributed by atoms with van der Waals surface area (Å²) in [5, 5.41) is 15.0. The van der Waals surface area contributed by atoms with Crippen LogP contribution in [0.5, 0.6) is 0 Å². The van der Waals surface area contributed by atoms with Crippen molar-refractivity contribution in [3.05, 3.63) is 60.0 Å². The first-order chi connectivity index (χ1) is 10.6. The first kappa shape index (κ1) is 13.6. The number of aromatic amines is 1. The van der Waals surface area contributed by atoms with E-state index in [2.05, 4.69) is 15.6 Å². The minimum absolute atomic E-state index is 0.142. The molecule has 0 bridgehead atoms. The van der Waals surface area contributed by atoms with Crippen LogP contribution in [-0.4, -0.2) is 11.0 Å². The van der Waals surface area contributed by atoms with E-state index < -0.39 is 11.8 Å². The van der Waals surface area contributed by atoms with E-state index >= 15 is 0 Å². The molecule has 0 saturated carbocycles. The Bertz CT molecular complexity index is 895. The van der Waals surface area contributed by atoms with Gasteiger partial charge in [-0.25, -0.2) is 9.18 Å². The van der Waals surface area contributed by atoms with Gasteiger partial charge in [-0.1, -0.05) is 6.07 Å². The van der Waals surface area contributed by atoms with Gasteiger partial charge in [0.2, 0.25) is 0 Å². The maximum atomic E-state index is 13.3. The Morgan fingerprint density at radius 2 is 1.91 bits per heavy atom. The van der Waals surface area contributed by atoms with Crippen LogP contribution in [0.15, 0.2) is 48.7 Å². The van der Waals surface area contributed by atoms with Crippen molar-refractivity contribution in [2.45, 2.75) is 0 Å². The number of amides is 2. The fourth-order valence-electron chi connectivity index (χ4n) is 2.15. The summed E-state index contributed by atoms with van der Waals surface area (Å²) in [5.41, 5.74) is 1.86. The number of nitrogens with one attached hydrogen (secondary N) is 3. The maximum absolute atomic E-state index is 13.3. The number of rotatable bonds is 2. The molecule has 0 aliphatic heterocycles. The number of urea groups is 1. The van der Waals surface area contributed by atoms with Crippen molar-refractivity contribution in [3.8, 4) is 6.07 Å². The molecule has 3 N–H and O–H groups in total. The van der Waals surface area contributed by atoms with Crippen LogP contribution in [0.4, 0.5) is 20.6 Å². The molecule has 108 valence electrons. The number of fused-ring (bicyclic) bond motifs is 1. The summed E-state index contributed by atoms with van der Waals surface area (Å²) < 4.78 is 13.3. The van der Waals surface area contributed by atoms with E-state index in [4.69, 9.17) is 5.26 Å². The molecule has 22 heavy (non-hydrogen) atoms. The van der Waals surface area contributed by atoms with Gasteiger partial charge >= 0.3 is 6.03 Å². The summed E-state index contributed by atoms with van der Waals surface area (Å²) in [6, 6.07) is 12.3. The predicted molar refractivity (Wildman–Crippen MR) is 82.1 cm³/mol. The third-order valence-electron chi connectivity index (χ3n) is 3.10. The molecular formula is C16H11FN4O. The number of anilines is 2. The summed E-state index contributed by atoms with van der Waals surface area (Å²) in [4.78, 5) is 15.0. The molecule has 0 aliphatic rings. The highest BCUT2D eigenvalue weighted by Crippen LogP contribution is 2.18. The molecule has 1 aromatic heterocycles. The van der Waals surface area contributed by atoms with Crippen LogP contribution in [0.3, 0.4) is 0 Å². The lowest BCUT2D eigenvalue weighted by atomic mass is 10.2. The van der Waals surface area contributed by atoms with Crippen LogP contribution >= 0.6 is 0 Å². The van der Waals surface area contributed by atoms with Crippen LogP contribution in [0, 0.1) is 17.1 Å². The summed E-state index contributed by atoms with van der Waals surface area (Å²) in [5.74, 6) is -0.581. The Labute approximate surface area is 125 Å². The Morgan fingerprint density at radius 1 is 1.09 bits per heavy atom. The third-order valence-corrected chi connectivity index (χ3v) is 3.10. The number of aromatic nitrogens is 1. The van der Waals surface area contributed by atoms with E-state index in [1.165, 1.54) is 6.07 Å². The summed E-state index contributed by atoms with van der Waals surface area (Å²) >= 11 is 0. The van der Waals surface area contributed by atoms with Crippen molar-refractivity contribution in [2.24, 2.45) is 0 Å². The standard InChI is InChI=1S/C16H11FN4O/c17-12-5-10(9-18)6-14(7-12)21-16(22)20-13-2-1-11-3-4-19-15(11)8-13/h1-8,19H,(H2,20,21,22). The first-order valence-electron chi connectivity index (χ1n) is 6.50. The third kappa shape index (κ3) is 2.88. The molecule has 0 radical (unpaired) electrons. The van der Waals surface area contributed by atoms with Gasteiger partial charge in [0.25, 0.3) is 0 Å². The fraction of sp³-hybridized carbons (Fsp3) is 0. The van der Waals surface area contributed by atoms with Gasteiger partial charge in [-0.05, 0) is 41.8 Å². The Morgan fingerprint density at radius 3 is 2.73 bits per heavy atom. The topological polar surface area (TPSA) is 80.7 Å². The SMILES string of the molecule is N#Cc1cc(F)cc(NC(=O)Nc2ccc3cc[nH]c3c2)c1. The molecule has 1 heterocycles. The lowest BCUT2D eigenvalue weighted by molar-refractivity contribution is 0.262. The quantitative estimate of drug-likeness (QED) is 0.671. The molecule has 0 aliphatic carbocycles. The normalized spacial score (nSPS) is 10.2. The van der Waals surface area contributed by atoms with E-state index in [-0.39, 0.29) is 11.3 Å². The molecular weight excluding hydrogens is 283 g/mol. The number of H-pyrrole nitrogens is 1. The van der Waals surface area contributed by atoms with Gasteiger partial charge in [-0.3, -0.25) is 0 Å². The van der Waals surface area contributed by atoms with Gasteiger partial charge in [0, 0.05) is 23.1 Å². The predicted octanol–water partition coefficient (Wildman–Crippen LogP) is 3.82. The van der Waals surface area contributed by atoms with E-state index in [9.17, 15) is 9.18 Å². The molecule has 0 saturated heterocycles. The van der Waals surface area contributed by atoms with Crippen LogP contribution in [-0.2, 0) is 0 Å². The summed E-state index contributed by atoms with van der Waals surface area (Å²) in [6.07, 6.45) is 1.81. The highest BCUT2D eigenvalue weighted by molar-refractivity contribution is 6.01. The van der Waals surface area contributed by atoms with Crippen molar-refractivity contribution >= 4 is 28.3 Å². The van der Waals surface area contributed by atoms with Crippen molar-refractivity contribution in [3.63, 3.8) is 0 Å². The molecule has 2 amide bonds. The molecule has 3 rings (SSSR count). The van der Waals surface area contributed by atoms with Gasteiger partial charge in [0.15, 0.2) is 0 Å². The molecule has 5 nitrogen and oxygen atoms in total. The number of hydrogen-bond acceptors (Lipinski definition) is 2. The van der Waals surface area contributed by atoms with Crippen LogP contribution < -0.4 is 10.6 Å². The van der Waals surface area contributed by atoms with Gasteiger partial charge in [-0.2, -0.15) is 5.26 Å².